The number of nitrogens with zero attached hydrogens (tertiary/aromatic N) is 3. The number of halogens is 2. The summed E-state index contributed by atoms with van der Waals surface area (Å²) >= 11 is 13.3. The molecule has 3 rings (SSSR count). The van der Waals surface area contributed by atoms with Crippen LogP contribution in [0.1, 0.15) is 6.92 Å². The molecule has 28 heavy (non-hydrogen) atoms. The van der Waals surface area contributed by atoms with E-state index < -0.39 is 0 Å². The first-order valence-corrected chi connectivity index (χ1v) is 10.2. The minimum Gasteiger partial charge on any atom is -0.496 e. The Morgan fingerprint density at radius 1 is 1.14 bits per heavy atom. The van der Waals surface area contributed by atoms with Crippen LogP contribution in [-0.2, 0) is 11.3 Å². The highest BCUT2D eigenvalue weighted by atomic mass is 35.5. The van der Waals surface area contributed by atoms with Gasteiger partial charge in [0.1, 0.15) is 5.75 Å². The largest absolute Gasteiger partial charge is 0.496 e. The predicted molar refractivity (Wildman–Crippen MR) is 113 cm³/mol. The van der Waals surface area contributed by atoms with Gasteiger partial charge in [-0.25, -0.2) is 0 Å². The van der Waals surface area contributed by atoms with Gasteiger partial charge < -0.3 is 14.6 Å². The topological polar surface area (TPSA) is 69.0 Å². The standard InChI is InChI=1S/C19H18Cl2N4O2S/c1-3-25-18(15-10-13(21)6-9-16(15)27-2)23-24-19(25)28-11-17(26)22-14-7-4-12(20)5-8-14/h4-10H,3,11H2,1-2H3,(H,22,26). The molecule has 1 heterocycles. The number of hydrogen-bond donors (Lipinski definition) is 1. The van der Waals surface area contributed by atoms with Crippen molar-refractivity contribution in [2.45, 2.75) is 18.6 Å². The molecule has 3 aromatic rings. The van der Waals surface area contributed by atoms with E-state index in [9.17, 15) is 4.79 Å². The Morgan fingerprint density at radius 3 is 2.54 bits per heavy atom. The first-order chi connectivity index (χ1) is 13.5. The van der Waals surface area contributed by atoms with Crippen molar-refractivity contribution in [1.29, 1.82) is 0 Å². The summed E-state index contributed by atoms with van der Waals surface area (Å²) in [5, 5.41) is 13.2. The molecule has 1 aromatic heterocycles. The lowest BCUT2D eigenvalue weighted by Gasteiger charge is -2.11. The molecule has 9 heteroatoms. The maximum Gasteiger partial charge on any atom is 0.234 e. The third kappa shape index (κ3) is 4.79. The molecule has 0 saturated carbocycles. The van der Waals surface area contributed by atoms with Gasteiger partial charge in [-0.3, -0.25) is 4.79 Å². The van der Waals surface area contributed by atoms with Crippen molar-refractivity contribution in [3.8, 4) is 17.1 Å². The van der Waals surface area contributed by atoms with Crippen LogP contribution in [0.4, 0.5) is 5.69 Å². The van der Waals surface area contributed by atoms with Crippen LogP contribution in [0.5, 0.6) is 5.75 Å². The normalized spacial score (nSPS) is 10.7. The van der Waals surface area contributed by atoms with Gasteiger partial charge in [-0.15, -0.1) is 10.2 Å². The van der Waals surface area contributed by atoms with Crippen molar-refractivity contribution >= 4 is 46.6 Å². The summed E-state index contributed by atoms with van der Waals surface area (Å²) < 4.78 is 7.34. The third-order valence-corrected chi connectivity index (χ3v) is 5.35. The summed E-state index contributed by atoms with van der Waals surface area (Å²) in [6.45, 7) is 2.63. The number of rotatable bonds is 7. The minimum atomic E-state index is -0.139. The maximum atomic E-state index is 12.2. The zero-order valence-corrected chi connectivity index (χ0v) is 17.6. The second-order valence-electron chi connectivity index (χ2n) is 5.74. The van der Waals surface area contributed by atoms with E-state index in [1.807, 2.05) is 11.5 Å². The van der Waals surface area contributed by atoms with E-state index >= 15 is 0 Å². The quantitative estimate of drug-likeness (QED) is 0.527. The second-order valence-corrected chi connectivity index (χ2v) is 7.55. The average molecular weight is 437 g/mol. The second kappa shape index (κ2) is 9.32. The zero-order valence-electron chi connectivity index (χ0n) is 15.3. The molecule has 146 valence electrons. The molecule has 0 fully saturated rings. The Bertz CT molecular complexity index is 977. The number of thioether (sulfide) groups is 1. The van der Waals surface area contributed by atoms with Gasteiger partial charge in [-0.1, -0.05) is 35.0 Å². The van der Waals surface area contributed by atoms with Gasteiger partial charge in [0.2, 0.25) is 5.91 Å². The molecule has 0 saturated heterocycles. The van der Waals surface area contributed by atoms with E-state index in [0.29, 0.717) is 39.0 Å². The first-order valence-electron chi connectivity index (χ1n) is 8.47. The fourth-order valence-corrected chi connectivity index (χ4v) is 3.70. The number of anilines is 1. The van der Waals surface area contributed by atoms with Crippen LogP contribution in [0.15, 0.2) is 47.6 Å². The number of ether oxygens (including phenoxy) is 1. The van der Waals surface area contributed by atoms with Crippen LogP contribution in [0.25, 0.3) is 11.4 Å². The number of aromatic nitrogens is 3. The van der Waals surface area contributed by atoms with Crippen molar-refractivity contribution in [3.05, 3.63) is 52.5 Å². The summed E-state index contributed by atoms with van der Waals surface area (Å²) in [5.74, 6) is 1.36. The Labute approximate surface area is 177 Å². The lowest BCUT2D eigenvalue weighted by molar-refractivity contribution is -0.113. The van der Waals surface area contributed by atoms with E-state index in [-0.39, 0.29) is 11.7 Å². The molecule has 0 bridgehead atoms. The molecular weight excluding hydrogens is 419 g/mol. The van der Waals surface area contributed by atoms with Crippen molar-refractivity contribution in [2.75, 3.05) is 18.2 Å². The van der Waals surface area contributed by atoms with Crippen LogP contribution in [0, 0.1) is 0 Å². The van der Waals surface area contributed by atoms with Gasteiger partial charge >= 0.3 is 0 Å². The monoisotopic (exact) mass is 436 g/mol. The molecular formula is C19H18Cl2N4O2S. The molecule has 0 aliphatic carbocycles. The molecule has 6 nitrogen and oxygen atoms in total. The van der Waals surface area contributed by atoms with Gasteiger partial charge in [-0.05, 0) is 49.4 Å². The first kappa shape index (κ1) is 20.5. The Kier molecular flexibility index (Phi) is 6.83. The summed E-state index contributed by atoms with van der Waals surface area (Å²) in [6.07, 6.45) is 0. The van der Waals surface area contributed by atoms with Crippen LogP contribution in [0.3, 0.4) is 0 Å². The van der Waals surface area contributed by atoms with Gasteiger partial charge in [0.05, 0.1) is 18.4 Å². The summed E-state index contributed by atoms with van der Waals surface area (Å²) in [4.78, 5) is 12.2. The van der Waals surface area contributed by atoms with Crippen LogP contribution < -0.4 is 10.1 Å². The number of methoxy groups -OCH3 is 1. The summed E-state index contributed by atoms with van der Waals surface area (Å²) in [5.41, 5.74) is 1.44. The highest BCUT2D eigenvalue weighted by molar-refractivity contribution is 7.99. The number of amides is 1. The zero-order chi connectivity index (χ0) is 20.1. The van der Waals surface area contributed by atoms with Crippen LogP contribution >= 0.6 is 35.0 Å². The van der Waals surface area contributed by atoms with Crippen molar-refractivity contribution < 1.29 is 9.53 Å². The number of benzene rings is 2. The number of hydrogen-bond acceptors (Lipinski definition) is 5. The predicted octanol–water partition coefficient (Wildman–Crippen LogP) is 5.01. The fraction of sp³-hybridized carbons (Fsp3) is 0.211. The van der Waals surface area contributed by atoms with Gasteiger partial charge in [0.25, 0.3) is 0 Å². The average Bonchev–Trinajstić information content (AvgIpc) is 3.11. The van der Waals surface area contributed by atoms with Gasteiger partial charge in [0, 0.05) is 22.3 Å². The molecule has 0 unspecified atom stereocenters. The molecule has 1 amide bonds. The minimum absolute atomic E-state index is 0.139. The number of nitrogens with one attached hydrogen (secondary N) is 1. The van der Waals surface area contributed by atoms with Crippen molar-refractivity contribution in [2.24, 2.45) is 0 Å². The summed E-state index contributed by atoms with van der Waals surface area (Å²) in [6, 6.07) is 12.3. The molecule has 0 atom stereocenters. The Hall–Kier alpha value is -2.22. The highest BCUT2D eigenvalue weighted by Gasteiger charge is 2.18. The van der Waals surface area contributed by atoms with E-state index in [4.69, 9.17) is 27.9 Å². The highest BCUT2D eigenvalue weighted by Crippen LogP contribution is 2.33. The SMILES string of the molecule is CCn1c(SCC(=O)Nc2ccc(Cl)cc2)nnc1-c1cc(Cl)ccc1OC. The molecule has 0 radical (unpaired) electrons. The van der Waals surface area contributed by atoms with E-state index in [1.165, 1.54) is 11.8 Å². The van der Waals surface area contributed by atoms with Gasteiger partial charge in [-0.2, -0.15) is 0 Å². The fourth-order valence-electron chi connectivity index (χ4n) is 2.60. The van der Waals surface area contributed by atoms with E-state index in [0.717, 1.165) is 5.56 Å². The van der Waals surface area contributed by atoms with Crippen molar-refractivity contribution in [1.82, 2.24) is 14.8 Å². The number of carbonyl (C=O) groups is 1. The Balaban J connectivity index is 1.74. The summed E-state index contributed by atoms with van der Waals surface area (Å²) in [7, 11) is 1.59. The molecule has 0 spiro atoms. The molecule has 1 N–H and O–H groups in total. The lowest BCUT2D eigenvalue weighted by Crippen LogP contribution is -2.14. The number of carbonyl (C=O) groups excluding carboxylic acids is 1. The lowest BCUT2D eigenvalue weighted by atomic mass is 10.2. The van der Waals surface area contributed by atoms with Crippen LogP contribution in [-0.4, -0.2) is 33.5 Å². The maximum absolute atomic E-state index is 12.2. The van der Waals surface area contributed by atoms with E-state index in [1.54, 1.807) is 49.6 Å². The molecule has 0 aliphatic rings. The van der Waals surface area contributed by atoms with Gasteiger partial charge in [0.15, 0.2) is 11.0 Å². The Morgan fingerprint density at radius 2 is 1.86 bits per heavy atom. The molecule has 2 aromatic carbocycles. The third-order valence-electron chi connectivity index (χ3n) is 3.90. The van der Waals surface area contributed by atoms with Crippen LogP contribution in [0.2, 0.25) is 10.0 Å². The smallest absolute Gasteiger partial charge is 0.234 e. The molecule has 0 aliphatic heterocycles. The van der Waals surface area contributed by atoms with Crippen molar-refractivity contribution in [3.63, 3.8) is 0 Å². The van der Waals surface area contributed by atoms with E-state index in [2.05, 4.69) is 15.5 Å².